The summed E-state index contributed by atoms with van der Waals surface area (Å²) in [5, 5.41) is 6.87. The molecule has 0 saturated carbocycles. The Bertz CT molecular complexity index is 560. The number of nitrogens with one attached hydrogen (secondary N) is 1. The highest BCUT2D eigenvalue weighted by Crippen LogP contribution is 2.39. The average Bonchev–Trinajstić information content (AvgIpc) is 3.05. The van der Waals surface area contributed by atoms with Crippen LogP contribution in [0, 0.1) is 0 Å². The molecule has 0 radical (unpaired) electrons. The summed E-state index contributed by atoms with van der Waals surface area (Å²) < 4.78 is 16.5. The van der Waals surface area contributed by atoms with Gasteiger partial charge in [-0.3, -0.25) is 0 Å². The van der Waals surface area contributed by atoms with Crippen LogP contribution < -0.4 is 14.8 Å². The second-order valence-electron chi connectivity index (χ2n) is 4.07. The van der Waals surface area contributed by atoms with E-state index in [0.717, 1.165) is 34.6 Å². The van der Waals surface area contributed by atoms with Gasteiger partial charge in [0.25, 0.3) is 0 Å². The molecule has 1 aromatic heterocycles. The summed E-state index contributed by atoms with van der Waals surface area (Å²) in [5.41, 5.74) is 1.13. The van der Waals surface area contributed by atoms with Gasteiger partial charge in [-0.25, -0.2) is 0 Å². The van der Waals surface area contributed by atoms with Crippen LogP contribution in [0.1, 0.15) is 11.5 Å². The zero-order valence-corrected chi connectivity index (χ0v) is 11.6. The molecule has 7 heteroatoms. The van der Waals surface area contributed by atoms with Crippen LogP contribution in [0.15, 0.2) is 27.5 Å². The first kappa shape index (κ1) is 12.4. The molecule has 0 fully saturated rings. The Morgan fingerprint density at radius 1 is 1.32 bits per heavy atom. The Hall–Kier alpha value is -1.60. The van der Waals surface area contributed by atoms with E-state index in [-0.39, 0.29) is 6.79 Å². The monoisotopic (exact) mass is 325 g/mol. The van der Waals surface area contributed by atoms with Gasteiger partial charge in [-0.2, -0.15) is 4.98 Å². The third kappa shape index (κ3) is 2.87. The first-order chi connectivity index (χ1) is 9.33. The van der Waals surface area contributed by atoms with Crippen LogP contribution in [0.3, 0.4) is 0 Å². The summed E-state index contributed by atoms with van der Waals surface area (Å²) in [7, 11) is 0. The number of ether oxygens (including phenoxy) is 2. The largest absolute Gasteiger partial charge is 0.454 e. The van der Waals surface area contributed by atoms with Crippen molar-refractivity contribution in [3.63, 3.8) is 0 Å². The van der Waals surface area contributed by atoms with Crippen molar-refractivity contribution in [1.29, 1.82) is 0 Å². The molecule has 0 unspecified atom stereocenters. The van der Waals surface area contributed by atoms with E-state index < -0.39 is 0 Å². The fourth-order valence-electron chi connectivity index (χ4n) is 1.86. The summed E-state index contributed by atoms with van der Waals surface area (Å²) in [6.45, 7) is 1.79. The lowest BCUT2D eigenvalue weighted by Gasteiger charge is -2.06. The first-order valence-electron chi connectivity index (χ1n) is 5.87. The topological polar surface area (TPSA) is 69.4 Å². The predicted octanol–water partition coefficient (Wildman–Crippen LogP) is 1.89. The number of nitrogens with zero attached hydrogens (tertiary/aromatic N) is 2. The van der Waals surface area contributed by atoms with Gasteiger partial charge in [-0.15, -0.1) is 0 Å². The Labute approximate surface area is 118 Å². The molecule has 2 heterocycles. The van der Waals surface area contributed by atoms with Crippen LogP contribution >= 0.6 is 15.9 Å². The maximum Gasteiger partial charge on any atom is 0.231 e. The lowest BCUT2D eigenvalue weighted by atomic mass is 10.2. The summed E-state index contributed by atoms with van der Waals surface area (Å²) in [6.07, 6.45) is 2.12. The molecule has 0 saturated heterocycles. The SMILES string of the molecule is Brc1cc(CNCCc2ncno2)cc2c1OCO2. The number of aromatic nitrogens is 2. The Morgan fingerprint density at radius 3 is 3.11 bits per heavy atom. The average molecular weight is 326 g/mol. The van der Waals surface area contributed by atoms with Crippen molar-refractivity contribution in [1.82, 2.24) is 15.5 Å². The second kappa shape index (κ2) is 5.58. The van der Waals surface area contributed by atoms with Crippen molar-refractivity contribution < 1.29 is 14.0 Å². The predicted molar refractivity (Wildman–Crippen MR) is 70.0 cm³/mol. The molecule has 1 aliphatic rings. The van der Waals surface area contributed by atoms with E-state index in [4.69, 9.17) is 14.0 Å². The number of halogens is 1. The molecule has 6 nitrogen and oxygen atoms in total. The molecule has 0 amide bonds. The van der Waals surface area contributed by atoms with E-state index in [1.54, 1.807) is 0 Å². The van der Waals surface area contributed by atoms with Crippen LogP contribution in [-0.4, -0.2) is 23.5 Å². The smallest absolute Gasteiger partial charge is 0.231 e. The van der Waals surface area contributed by atoms with Crippen LogP contribution in [0.4, 0.5) is 0 Å². The Balaban J connectivity index is 1.54. The molecular weight excluding hydrogens is 314 g/mol. The van der Waals surface area contributed by atoms with Gasteiger partial charge in [0.15, 0.2) is 17.8 Å². The van der Waals surface area contributed by atoms with Gasteiger partial charge in [0, 0.05) is 19.5 Å². The Kier molecular flexibility index (Phi) is 3.65. The Morgan fingerprint density at radius 2 is 2.26 bits per heavy atom. The third-order valence-electron chi connectivity index (χ3n) is 2.74. The van der Waals surface area contributed by atoms with E-state index in [9.17, 15) is 0 Å². The van der Waals surface area contributed by atoms with Crippen molar-refractivity contribution in [3.05, 3.63) is 34.4 Å². The third-order valence-corrected chi connectivity index (χ3v) is 3.33. The van der Waals surface area contributed by atoms with Crippen molar-refractivity contribution in [2.45, 2.75) is 13.0 Å². The van der Waals surface area contributed by atoms with Crippen LogP contribution in [-0.2, 0) is 13.0 Å². The number of rotatable bonds is 5. The van der Waals surface area contributed by atoms with Crippen LogP contribution in [0.5, 0.6) is 11.5 Å². The number of fused-ring (bicyclic) bond motifs is 1. The molecule has 1 N–H and O–H groups in total. The normalized spacial score (nSPS) is 12.9. The van der Waals surface area contributed by atoms with Crippen molar-refractivity contribution in [2.75, 3.05) is 13.3 Å². The summed E-state index contributed by atoms with van der Waals surface area (Å²) >= 11 is 3.47. The van der Waals surface area contributed by atoms with Gasteiger partial charge < -0.3 is 19.3 Å². The number of hydrogen-bond donors (Lipinski definition) is 1. The molecule has 1 aliphatic heterocycles. The molecule has 0 aliphatic carbocycles. The maximum absolute atomic E-state index is 5.37. The second-order valence-corrected chi connectivity index (χ2v) is 4.93. The minimum atomic E-state index is 0.280. The van der Waals surface area contributed by atoms with E-state index in [1.807, 2.05) is 12.1 Å². The van der Waals surface area contributed by atoms with Crippen molar-refractivity contribution in [3.8, 4) is 11.5 Å². The minimum Gasteiger partial charge on any atom is -0.454 e. The van der Waals surface area contributed by atoms with Crippen molar-refractivity contribution >= 4 is 15.9 Å². The lowest BCUT2D eigenvalue weighted by Crippen LogP contribution is -2.16. The highest BCUT2D eigenvalue weighted by atomic mass is 79.9. The van der Waals surface area contributed by atoms with Gasteiger partial charge in [-0.05, 0) is 33.6 Å². The molecule has 19 heavy (non-hydrogen) atoms. The van der Waals surface area contributed by atoms with E-state index >= 15 is 0 Å². The van der Waals surface area contributed by atoms with E-state index in [2.05, 4.69) is 31.4 Å². The highest BCUT2D eigenvalue weighted by molar-refractivity contribution is 9.10. The summed E-state index contributed by atoms with van der Waals surface area (Å²) in [5.74, 6) is 2.19. The molecule has 0 atom stereocenters. The van der Waals surface area contributed by atoms with Crippen LogP contribution in [0.2, 0.25) is 0 Å². The molecule has 0 bridgehead atoms. The minimum absolute atomic E-state index is 0.280. The molecule has 2 aromatic rings. The first-order valence-corrected chi connectivity index (χ1v) is 6.66. The standard InChI is InChI=1S/C12H12BrN3O3/c13-9-3-8(4-10-12(9)18-7-17-10)5-14-2-1-11-15-6-16-19-11/h3-4,6,14H,1-2,5,7H2. The quantitative estimate of drug-likeness (QED) is 0.847. The lowest BCUT2D eigenvalue weighted by molar-refractivity contribution is 0.173. The summed E-state index contributed by atoms with van der Waals surface area (Å²) in [6, 6.07) is 4.00. The zero-order chi connectivity index (χ0) is 13.1. The fraction of sp³-hybridized carbons (Fsp3) is 0.333. The number of benzene rings is 1. The maximum atomic E-state index is 5.37. The zero-order valence-electron chi connectivity index (χ0n) is 10.1. The van der Waals surface area contributed by atoms with E-state index in [0.29, 0.717) is 12.3 Å². The number of hydrogen-bond acceptors (Lipinski definition) is 6. The van der Waals surface area contributed by atoms with Gasteiger partial charge in [0.2, 0.25) is 12.7 Å². The molecule has 3 rings (SSSR count). The highest BCUT2D eigenvalue weighted by Gasteiger charge is 2.17. The van der Waals surface area contributed by atoms with Crippen molar-refractivity contribution in [2.24, 2.45) is 0 Å². The molecule has 100 valence electrons. The fourth-order valence-corrected chi connectivity index (χ4v) is 2.46. The summed E-state index contributed by atoms with van der Waals surface area (Å²) in [4.78, 5) is 3.96. The van der Waals surface area contributed by atoms with Crippen LogP contribution in [0.25, 0.3) is 0 Å². The van der Waals surface area contributed by atoms with Gasteiger partial charge in [0.05, 0.1) is 4.47 Å². The van der Waals surface area contributed by atoms with Gasteiger partial charge >= 0.3 is 0 Å². The molecule has 0 spiro atoms. The van der Waals surface area contributed by atoms with Gasteiger partial charge in [-0.1, -0.05) is 5.16 Å². The molecular formula is C12H12BrN3O3. The molecule has 1 aromatic carbocycles. The van der Waals surface area contributed by atoms with E-state index in [1.165, 1.54) is 6.33 Å². The van der Waals surface area contributed by atoms with Gasteiger partial charge in [0.1, 0.15) is 0 Å².